The summed E-state index contributed by atoms with van der Waals surface area (Å²) in [7, 11) is 0. The number of halogens is 2. The zero-order chi connectivity index (χ0) is 23.8. The van der Waals surface area contributed by atoms with E-state index in [1.165, 1.54) is 29.8 Å². The number of rotatable bonds is 10. The predicted molar refractivity (Wildman–Crippen MR) is 132 cm³/mol. The Morgan fingerprint density at radius 2 is 1.26 bits per heavy atom. The second-order valence-corrected chi connectivity index (χ2v) is 8.95. The number of hydrogen-bond acceptors (Lipinski definition) is 4. The monoisotopic (exact) mass is 465 g/mol. The van der Waals surface area contributed by atoms with E-state index in [1.54, 1.807) is 24.3 Å². The maximum Gasteiger partial charge on any atom is 0.123 e. The number of ether oxygens (including phenoxy) is 1. The third-order valence-electron chi connectivity index (χ3n) is 6.34. The van der Waals surface area contributed by atoms with Crippen LogP contribution in [-0.4, -0.2) is 61.7 Å². The molecule has 3 aromatic carbocycles. The normalized spacial score (nSPS) is 16.1. The largest absolute Gasteiger partial charge is 0.367 e. The molecule has 1 aliphatic heterocycles. The molecule has 1 heterocycles. The van der Waals surface area contributed by atoms with E-state index in [0.717, 1.165) is 56.8 Å². The molecule has 34 heavy (non-hydrogen) atoms. The lowest BCUT2D eigenvalue weighted by Gasteiger charge is -2.36. The van der Waals surface area contributed by atoms with E-state index >= 15 is 0 Å². The SMILES string of the molecule is N[C@H](Cc1ccccc1)CN1CCN(CCOC(c2ccc(F)cc2)c2ccc(F)cc2)CC1. The van der Waals surface area contributed by atoms with Crippen LogP contribution in [0.5, 0.6) is 0 Å². The minimum Gasteiger partial charge on any atom is -0.367 e. The van der Waals surface area contributed by atoms with Gasteiger partial charge in [0.05, 0.1) is 6.61 Å². The van der Waals surface area contributed by atoms with Gasteiger partial charge in [0.15, 0.2) is 0 Å². The van der Waals surface area contributed by atoms with E-state index in [-0.39, 0.29) is 23.8 Å². The maximum absolute atomic E-state index is 13.4. The van der Waals surface area contributed by atoms with Crippen LogP contribution >= 0.6 is 0 Å². The minimum absolute atomic E-state index is 0.129. The van der Waals surface area contributed by atoms with Gasteiger partial charge in [-0.05, 0) is 47.4 Å². The van der Waals surface area contributed by atoms with Gasteiger partial charge >= 0.3 is 0 Å². The molecule has 0 bridgehead atoms. The molecule has 0 unspecified atom stereocenters. The average Bonchev–Trinajstić information content (AvgIpc) is 2.85. The lowest BCUT2D eigenvalue weighted by molar-refractivity contribution is 0.0445. The van der Waals surface area contributed by atoms with Crippen LogP contribution in [0.15, 0.2) is 78.9 Å². The van der Waals surface area contributed by atoms with Gasteiger partial charge in [0.25, 0.3) is 0 Å². The van der Waals surface area contributed by atoms with Crippen LogP contribution in [0, 0.1) is 11.6 Å². The molecule has 1 fully saturated rings. The van der Waals surface area contributed by atoms with Crippen LogP contribution in [0.4, 0.5) is 8.78 Å². The fourth-order valence-corrected chi connectivity index (χ4v) is 4.47. The Bertz CT molecular complexity index is 945. The Balaban J connectivity index is 1.24. The van der Waals surface area contributed by atoms with E-state index in [0.29, 0.717) is 6.61 Å². The van der Waals surface area contributed by atoms with Gasteiger partial charge in [0.1, 0.15) is 17.7 Å². The molecule has 4 rings (SSSR count). The van der Waals surface area contributed by atoms with Crippen molar-refractivity contribution in [2.45, 2.75) is 18.6 Å². The highest BCUT2D eigenvalue weighted by molar-refractivity contribution is 5.30. The quantitative estimate of drug-likeness (QED) is 0.486. The smallest absolute Gasteiger partial charge is 0.123 e. The van der Waals surface area contributed by atoms with Crippen molar-refractivity contribution in [1.29, 1.82) is 0 Å². The van der Waals surface area contributed by atoms with Crippen molar-refractivity contribution in [3.63, 3.8) is 0 Å². The number of nitrogens with zero attached hydrogens (tertiary/aromatic N) is 2. The molecule has 0 aliphatic carbocycles. The Kier molecular flexibility index (Phi) is 8.77. The number of nitrogens with two attached hydrogens (primary N) is 1. The summed E-state index contributed by atoms with van der Waals surface area (Å²) >= 11 is 0. The molecule has 0 saturated carbocycles. The standard InChI is InChI=1S/C28H33F2N3O/c29-25-10-6-23(7-11-25)28(24-8-12-26(30)13-9-24)34-19-18-32-14-16-33(17-15-32)21-27(31)20-22-4-2-1-3-5-22/h1-13,27-28H,14-21,31H2/t27-/m1/s1. The van der Waals surface area contributed by atoms with Crippen LogP contribution in [0.3, 0.4) is 0 Å². The lowest BCUT2D eigenvalue weighted by Crippen LogP contribution is -2.50. The number of piperazine rings is 1. The fourth-order valence-electron chi connectivity index (χ4n) is 4.47. The number of benzene rings is 3. The Morgan fingerprint density at radius 3 is 1.82 bits per heavy atom. The summed E-state index contributed by atoms with van der Waals surface area (Å²) in [6.45, 7) is 6.16. The van der Waals surface area contributed by atoms with Gasteiger partial charge < -0.3 is 10.5 Å². The first-order valence-electron chi connectivity index (χ1n) is 11.9. The highest BCUT2D eigenvalue weighted by Crippen LogP contribution is 2.26. The van der Waals surface area contributed by atoms with Crippen molar-refractivity contribution in [2.75, 3.05) is 45.9 Å². The summed E-state index contributed by atoms with van der Waals surface area (Å²) in [6, 6.07) is 23.1. The first kappa shape index (κ1) is 24.5. The molecule has 1 aliphatic rings. The Labute approximate surface area is 200 Å². The molecule has 180 valence electrons. The number of hydrogen-bond donors (Lipinski definition) is 1. The molecule has 0 radical (unpaired) electrons. The molecular weight excluding hydrogens is 432 g/mol. The van der Waals surface area contributed by atoms with E-state index in [2.05, 4.69) is 34.1 Å². The second kappa shape index (κ2) is 12.2. The summed E-state index contributed by atoms with van der Waals surface area (Å²) < 4.78 is 33.1. The molecule has 1 atom stereocenters. The van der Waals surface area contributed by atoms with Gasteiger partial charge in [-0.1, -0.05) is 54.6 Å². The fraction of sp³-hybridized carbons (Fsp3) is 0.357. The van der Waals surface area contributed by atoms with Crippen LogP contribution in [0.1, 0.15) is 22.8 Å². The third kappa shape index (κ3) is 7.18. The highest BCUT2D eigenvalue weighted by atomic mass is 19.1. The molecule has 0 amide bonds. The Morgan fingerprint density at radius 1 is 0.735 bits per heavy atom. The van der Waals surface area contributed by atoms with Gasteiger partial charge in [0, 0.05) is 45.3 Å². The zero-order valence-electron chi connectivity index (χ0n) is 19.5. The molecule has 2 N–H and O–H groups in total. The molecule has 1 saturated heterocycles. The third-order valence-corrected chi connectivity index (χ3v) is 6.34. The van der Waals surface area contributed by atoms with Gasteiger partial charge in [-0.25, -0.2) is 8.78 Å². The van der Waals surface area contributed by atoms with Gasteiger partial charge in [-0.15, -0.1) is 0 Å². The summed E-state index contributed by atoms with van der Waals surface area (Å²) in [6.07, 6.45) is 0.529. The molecule has 6 heteroatoms. The van der Waals surface area contributed by atoms with Crippen LogP contribution in [0.25, 0.3) is 0 Å². The first-order valence-corrected chi connectivity index (χ1v) is 11.9. The first-order chi connectivity index (χ1) is 16.6. The topological polar surface area (TPSA) is 41.7 Å². The predicted octanol–water partition coefficient (Wildman–Crippen LogP) is 4.26. The molecule has 0 aromatic heterocycles. The van der Waals surface area contributed by atoms with Crippen molar-refractivity contribution in [2.24, 2.45) is 5.73 Å². The van der Waals surface area contributed by atoms with E-state index in [1.807, 2.05) is 6.07 Å². The van der Waals surface area contributed by atoms with Crippen LogP contribution in [0.2, 0.25) is 0 Å². The zero-order valence-corrected chi connectivity index (χ0v) is 19.5. The summed E-state index contributed by atoms with van der Waals surface area (Å²) in [5.41, 5.74) is 9.38. The van der Waals surface area contributed by atoms with Crippen molar-refractivity contribution in [3.8, 4) is 0 Å². The maximum atomic E-state index is 13.4. The van der Waals surface area contributed by atoms with E-state index in [9.17, 15) is 8.78 Å². The van der Waals surface area contributed by atoms with Crippen LogP contribution < -0.4 is 5.73 Å². The van der Waals surface area contributed by atoms with Crippen LogP contribution in [-0.2, 0) is 11.2 Å². The molecule has 0 spiro atoms. The summed E-state index contributed by atoms with van der Waals surface area (Å²) in [5.74, 6) is -0.578. The van der Waals surface area contributed by atoms with Crippen molar-refractivity contribution in [1.82, 2.24) is 9.80 Å². The minimum atomic E-state index is -0.363. The van der Waals surface area contributed by atoms with E-state index in [4.69, 9.17) is 10.5 Å². The molecular formula is C28H33F2N3O. The van der Waals surface area contributed by atoms with Gasteiger partial charge in [0.2, 0.25) is 0 Å². The van der Waals surface area contributed by atoms with Crippen molar-refractivity contribution < 1.29 is 13.5 Å². The molecule has 4 nitrogen and oxygen atoms in total. The Hall–Kier alpha value is -2.64. The van der Waals surface area contributed by atoms with Gasteiger partial charge in [-0.2, -0.15) is 0 Å². The summed E-state index contributed by atoms with van der Waals surface area (Å²) in [5, 5.41) is 0. The summed E-state index contributed by atoms with van der Waals surface area (Å²) in [4.78, 5) is 4.83. The molecule has 3 aromatic rings. The van der Waals surface area contributed by atoms with Gasteiger partial charge in [-0.3, -0.25) is 9.80 Å². The van der Waals surface area contributed by atoms with Crippen molar-refractivity contribution in [3.05, 3.63) is 107 Å². The average molecular weight is 466 g/mol. The van der Waals surface area contributed by atoms with E-state index < -0.39 is 0 Å². The highest BCUT2D eigenvalue weighted by Gasteiger charge is 2.20. The lowest BCUT2D eigenvalue weighted by atomic mass is 10.0. The van der Waals surface area contributed by atoms with Crippen molar-refractivity contribution >= 4 is 0 Å². The second-order valence-electron chi connectivity index (χ2n) is 8.95.